The number of guanidine groups is 1. The molecular formula is C24H34IN5O3. The zero-order chi connectivity index (χ0) is 22.8. The first-order chi connectivity index (χ1) is 15.6. The highest BCUT2D eigenvalue weighted by Crippen LogP contribution is 2.28. The lowest BCUT2D eigenvalue weighted by atomic mass is 10.2. The largest absolute Gasteiger partial charge is 0.497 e. The molecule has 2 aromatic carbocycles. The maximum atomic E-state index is 12.3. The fraction of sp³-hybridized carbons (Fsp3) is 0.417. The van der Waals surface area contributed by atoms with Crippen LogP contribution in [0, 0.1) is 0 Å². The van der Waals surface area contributed by atoms with Crippen LogP contribution in [0.3, 0.4) is 0 Å². The highest BCUT2D eigenvalue weighted by Gasteiger charge is 2.21. The fourth-order valence-corrected chi connectivity index (χ4v) is 3.62. The van der Waals surface area contributed by atoms with Crippen molar-refractivity contribution in [2.24, 2.45) is 4.99 Å². The first-order valence-electron chi connectivity index (χ1n) is 11.0. The number of aliphatic imine (C=N–C) groups is 1. The van der Waals surface area contributed by atoms with Crippen LogP contribution in [0.4, 0.5) is 5.69 Å². The molecule has 0 bridgehead atoms. The van der Waals surface area contributed by atoms with Crippen molar-refractivity contribution in [3.63, 3.8) is 0 Å². The molecule has 1 saturated heterocycles. The minimum atomic E-state index is -0.108. The Bertz CT molecular complexity index is 899. The van der Waals surface area contributed by atoms with Gasteiger partial charge >= 0.3 is 0 Å². The number of carbonyl (C=O) groups excluding carboxylic acids is 1. The molecule has 0 aromatic heterocycles. The number of nitrogens with zero attached hydrogens (tertiary/aromatic N) is 3. The van der Waals surface area contributed by atoms with Crippen LogP contribution in [0.5, 0.6) is 11.5 Å². The molecule has 0 unspecified atom stereocenters. The molecule has 0 radical (unpaired) electrons. The summed E-state index contributed by atoms with van der Waals surface area (Å²) in [6.45, 7) is 6.68. The maximum absolute atomic E-state index is 12.3. The third kappa shape index (κ3) is 7.69. The Morgan fingerprint density at radius 3 is 2.30 bits per heavy atom. The van der Waals surface area contributed by atoms with Crippen LogP contribution >= 0.6 is 24.0 Å². The average molecular weight is 567 g/mol. The number of halogens is 1. The number of rotatable bonds is 8. The minimum absolute atomic E-state index is 0. The third-order valence-corrected chi connectivity index (χ3v) is 5.36. The Morgan fingerprint density at radius 2 is 1.67 bits per heavy atom. The van der Waals surface area contributed by atoms with Crippen molar-refractivity contribution >= 4 is 41.5 Å². The van der Waals surface area contributed by atoms with Gasteiger partial charge in [-0.3, -0.25) is 4.79 Å². The van der Waals surface area contributed by atoms with Crippen LogP contribution < -0.4 is 25.0 Å². The number of para-hydroxylation sites is 2. The van der Waals surface area contributed by atoms with Gasteiger partial charge in [-0.1, -0.05) is 24.3 Å². The van der Waals surface area contributed by atoms with Gasteiger partial charge < -0.3 is 29.9 Å². The van der Waals surface area contributed by atoms with E-state index in [9.17, 15) is 4.79 Å². The smallest absolute Gasteiger partial charge is 0.242 e. The molecule has 1 aliphatic heterocycles. The standard InChI is InChI=1S/C24H33N5O3.HI/c1-4-25-24(27-18-23(30)26-17-19-9-11-20(31-2)12-10-19)29-15-13-28(14-16-29)21-7-5-6-8-22(21)32-3;/h5-12H,4,13-18H2,1-3H3,(H,25,27)(H,26,30);1H. The summed E-state index contributed by atoms with van der Waals surface area (Å²) in [5.41, 5.74) is 2.12. The van der Waals surface area contributed by atoms with Crippen molar-refractivity contribution in [2.45, 2.75) is 13.5 Å². The zero-order valence-corrected chi connectivity index (χ0v) is 21.9. The third-order valence-electron chi connectivity index (χ3n) is 5.36. The van der Waals surface area contributed by atoms with E-state index < -0.39 is 0 Å². The average Bonchev–Trinajstić information content (AvgIpc) is 2.85. The predicted molar refractivity (Wildman–Crippen MR) is 143 cm³/mol. The molecule has 1 heterocycles. The van der Waals surface area contributed by atoms with Crippen molar-refractivity contribution in [1.82, 2.24) is 15.5 Å². The molecule has 2 aromatic rings. The van der Waals surface area contributed by atoms with Gasteiger partial charge in [0.1, 0.15) is 18.0 Å². The van der Waals surface area contributed by atoms with Crippen LogP contribution in [0.15, 0.2) is 53.5 Å². The van der Waals surface area contributed by atoms with Gasteiger partial charge in [0.05, 0.1) is 19.9 Å². The minimum Gasteiger partial charge on any atom is -0.497 e. The van der Waals surface area contributed by atoms with E-state index in [2.05, 4.69) is 31.5 Å². The molecule has 2 N–H and O–H groups in total. The number of methoxy groups -OCH3 is 2. The molecule has 1 fully saturated rings. The maximum Gasteiger partial charge on any atom is 0.242 e. The summed E-state index contributed by atoms with van der Waals surface area (Å²) in [6, 6.07) is 15.7. The second-order valence-corrected chi connectivity index (χ2v) is 7.44. The number of nitrogens with one attached hydrogen (secondary N) is 2. The van der Waals surface area contributed by atoms with Crippen LogP contribution in [-0.4, -0.2) is 70.3 Å². The van der Waals surface area contributed by atoms with Gasteiger partial charge in [-0.15, -0.1) is 24.0 Å². The SMILES string of the molecule is CCNC(=NCC(=O)NCc1ccc(OC)cc1)N1CCN(c2ccccc2OC)CC1.I. The van der Waals surface area contributed by atoms with Gasteiger partial charge in [0.25, 0.3) is 0 Å². The summed E-state index contributed by atoms with van der Waals surface area (Å²) in [5, 5.41) is 6.23. The van der Waals surface area contributed by atoms with Crippen molar-refractivity contribution in [2.75, 3.05) is 58.4 Å². The van der Waals surface area contributed by atoms with Gasteiger partial charge in [-0.2, -0.15) is 0 Å². The lowest BCUT2D eigenvalue weighted by Crippen LogP contribution is -2.52. The lowest BCUT2D eigenvalue weighted by molar-refractivity contribution is -0.119. The number of amides is 1. The van der Waals surface area contributed by atoms with Gasteiger partial charge in [0.2, 0.25) is 5.91 Å². The van der Waals surface area contributed by atoms with E-state index in [1.165, 1.54) is 0 Å². The topological polar surface area (TPSA) is 78.4 Å². The Balaban J connectivity index is 0.00000385. The molecule has 0 saturated carbocycles. The van der Waals surface area contributed by atoms with Crippen molar-refractivity contribution in [1.29, 1.82) is 0 Å². The fourth-order valence-electron chi connectivity index (χ4n) is 3.62. The van der Waals surface area contributed by atoms with Crippen LogP contribution in [0.2, 0.25) is 0 Å². The van der Waals surface area contributed by atoms with Crippen molar-refractivity contribution in [3.05, 3.63) is 54.1 Å². The zero-order valence-electron chi connectivity index (χ0n) is 19.5. The number of piperazine rings is 1. The second kappa shape index (κ2) is 13.8. The molecule has 8 nitrogen and oxygen atoms in total. The first-order valence-corrected chi connectivity index (χ1v) is 11.0. The van der Waals surface area contributed by atoms with Gasteiger partial charge in [-0.25, -0.2) is 4.99 Å². The summed E-state index contributed by atoms with van der Waals surface area (Å²) in [7, 11) is 3.33. The number of benzene rings is 2. The Kier molecular flexibility index (Phi) is 11.1. The molecule has 1 amide bonds. The molecule has 0 spiro atoms. The summed E-state index contributed by atoms with van der Waals surface area (Å²) in [6.07, 6.45) is 0. The molecule has 33 heavy (non-hydrogen) atoms. The van der Waals surface area contributed by atoms with Gasteiger partial charge in [-0.05, 0) is 36.8 Å². The molecule has 0 atom stereocenters. The highest BCUT2D eigenvalue weighted by atomic mass is 127. The van der Waals surface area contributed by atoms with Crippen LogP contribution in [0.25, 0.3) is 0 Å². The van der Waals surface area contributed by atoms with E-state index >= 15 is 0 Å². The first kappa shape index (κ1) is 26.6. The quantitative estimate of drug-likeness (QED) is 0.290. The summed E-state index contributed by atoms with van der Waals surface area (Å²) < 4.78 is 10.7. The van der Waals surface area contributed by atoms with E-state index in [1.54, 1.807) is 14.2 Å². The highest BCUT2D eigenvalue weighted by molar-refractivity contribution is 14.0. The van der Waals surface area contributed by atoms with Gasteiger partial charge in [0, 0.05) is 39.3 Å². The number of hydrogen-bond donors (Lipinski definition) is 2. The van der Waals surface area contributed by atoms with E-state index in [0.717, 1.165) is 61.4 Å². The molecule has 0 aliphatic carbocycles. The lowest BCUT2D eigenvalue weighted by Gasteiger charge is -2.38. The molecular weight excluding hydrogens is 533 g/mol. The normalized spacial score (nSPS) is 13.7. The molecule has 3 rings (SSSR count). The predicted octanol–water partition coefficient (Wildman–Crippen LogP) is 2.73. The summed E-state index contributed by atoms with van der Waals surface area (Å²) in [4.78, 5) is 21.4. The Morgan fingerprint density at radius 1 is 0.970 bits per heavy atom. The van der Waals surface area contributed by atoms with E-state index in [-0.39, 0.29) is 36.4 Å². The summed E-state index contributed by atoms with van der Waals surface area (Å²) in [5.74, 6) is 2.34. The molecule has 180 valence electrons. The Labute approximate surface area is 213 Å². The van der Waals surface area contributed by atoms with Crippen molar-refractivity contribution < 1.29 is 14.3 Å². The number of ether oxygens (including phenoxy) is 2. The van der Waals surface area contributed by atoms with E-state index in [4.69, 9.17) is 9.47 Å². The van der Waals surface area contributed by atoms with Gasteiger partial charge in [0.15, 0.2) is 5.96 Å². The Hall–Kier alpha value is -2.69. The molecule has 1 aliphatic rings. The number of hydrogen-bond acceptors (Lipinski definition) is 5. The monoisotopic (exact) mass is 567 g/mol. The van der Waals surface area contributed by atoms with E-state index in [1.807, 2.05) is 49.4 Å². The molecule has 9 heteroatoms. The van der Waals surface area contributed by atoms with E-state index in [0.29, 0.717) is 6.54 Å². The number of carbonyl (C=O) groups is 1. The summed E-state index contributed by atoms with van der Waals surface area (Å²) >= 11 is 0. The van der Waals surface area contributed by atoms with Crippen molar-refractivity contribution in [3.8, 4) is 11.5 Å². The second-order valence-electron chi connectivity index (χ2n) is 7.44. The van der Waals surface area contributed by atoms with Crippen LogP contribution in [0.1, 0.15) is 12.5 Å². The number of anilines is 1. The van der Waals surface area contributed by atoms with Crippen LogP contribution in [-0.2, 0) is 11.3 Å².